The molecule has 0 aliphatic carbocycles. The highest BCUT2D eigenvalue weighted by molar-refractivity contribution is 7.71. The van der Waals surface area contributed by atoms with Gasteiger partial charge in [-0.3, -0.25) is 10.00 Å². The summed E-state index contributed by atoms with van der Waals surface area (Å²) >= 11 is 5.04. The number of nitrogens with one attached hydrogen (secondary N) is 1. The maximum atomic E-state index is 5.04. The largest absolute Gasteiger partial charge is 0.302 e. The molecule has 11 heavy (non-hydrogen) atoms. The first kappa shape index (κ1) is 7.00. The third kappa shape index (κ3) is 1.10. The average molecular weight is 170 g/mol. The highest BCUT2D eigenvalue weighted by Gasteiger charge is 2.14. The van der Waals surface area contributed by atoms with Gasteiger partial charge in [-0.25, -0.2) is 0 Å². The number of fused-ring (bicyclic) bond motifs is 1. The minimum absolute atomic E-state index is 0.744. The van der Waals surface area contributed by atoms with Crippen LogP contribution in [-0.2, 0) is 13.1 Å². The minimum atomic E-state index is 0.744. The third-order valence-corrected chi connectivity index (χ3v) is 2.27. The molecule has 1 aromatic rings. The Morgan fingerprint density at radius 1 is 1.55 bits per heavy atom. The van der Waals surface area contributed by atoms with Crippen LogP contribution in [0.4, 0.5) is 0 Å². The van der Waals surface area contributed by atoms with E-state index in [2.05, 4.69) is 26.7 Å². The van der Waals surface area contributed by atoms with Crippen LogP contribution in [0.25, 0.3) is 0 Å². The van der Waals surface area contributed by atoms with E-state index in [1.807, 2.05) is 0 Å². The Labute approximate surface area is 69.8 Å². The molecule has 0 radical (unpaired) electrons. The van der Waals surface area contributed by atoms with E-state index in [1.165, 1.54) is 0 Å². The molecular weight excluding hydrogens is 160 g/mol. The standard InChI is InChI=1S/C6H10N4S/c1-9-2-3-10-5(4-9)7-8-6(10)11/h2-4H2,1H3,(H,8,11). The van der Waals surface area contributed by atoms with E-state index in [-0.39, 0.29) is 0 Å². The molecule has 0 amide bonds. The molecule has 0 aromatic carbocycles. The molecule has 0 saturated heterocycles. The quantitative estimate of drug-likeness (QED) is 0.572. The Bertz CT molecular complexity index is 313. The molecule has 1 aliphatic heterocycles. The summed E-state index contributed by atoms with van der Waals surface area (Å²) in [6.07, 6.45) is 0. The first-order valence-electron chi connectivity index (χ1n) is 3.60. The number of aromatic nitrogens is 3. The number of rotatable bonds is 0. The van der Waals surface area contributed by atoms with Crippen molar-refractivity contribution in [3.8, 4) is 0 Å². The Morgan fingerprint density at radius 3 is 3.18 bits per heavy atom. The second-order valence-corrected chi connectivity index (χ2v) is 3.22. The monoisotopic (exact) mass is 170 g/mol. The van der Waals surface area contributed by atoms with Crippen molar-refractivity contribution in [2.45, 2.75) is 13.1 Å². The summed E-state index contributed by atoms with van der Waals surface area (Å²) in [4.78, 5) is 2.23. The fourth-order valence-electron chi connectivity index (χ4n) is 1.29. The van der Waals surface area contributed by atoms with Crippen molar-refractivity contribution in [1.29, 1.82) is 0 Å². The molecule has 0 saturated carbocycles. The van der Waals surface area contributed by atoms with E-state index in [9.17, 15) is 0 Å². The van der Waals surface area contributed by atoms with Gasteiger partial charge in [0.05, 0.1) is 6.54 Å². The van der Waals surface area contributed by atoms with Gasteiger partial charge in [0.15, 0.2) is 4.77 Å². The van der Waals surface area contributed by atoms with Gasteiger partial charge in [0.1, 0.15) is 5.82 Å². The van der Waals surface area contributed by atoms with Crippen LogP contribution in [-0.4, -0.2) is 33.3 Å². The van der Waals surface area contributed by atoms with E-state index in [0.717, 1.165) is 30.2 Å². The Hall–Kier alpha value is -0.680. The molecule has 2 rings (SSSR count). The Morgan fingerprint density at radius 2 is 2.36 bits per heavy atom. The molecule has 0 spiro atoms. The van der Waals surface area contributed by atoms with Crippen molar-refractivity contribution in [1.82, 2.24) is 19.7 Å². The Balaban J connectivity index is 2.44. The van der Waals surface area contributed by atoms with Crippen LogP contribution in [0.1, 0.15) is 5.82 Å². The molecular formula is C6H10N4S. The second-order valence-electron chi connectivity index (χ2n) is 2.83. The summed E-state index contributed by atoms with van der Waals surface area (Å²) in [6, 6.07) is 0. The minimum Gasteiger partial charge on any atom is -0.302 e. The van der Waals surface area contributed by atoms with Gasteiger partial charge >= 0.3 is 0 Å². The van der Waals surface area contributed by atoms with Crippen molar-refractivity contribution in [2.24, 2.45) is 0 Å². The fourth-order valence-corrected chi connectivity index (χ4v) is 1.54. The van der Waals surface area contributed by atoms with Crippen LogP contribution in [0, 0.1) is 4.77 Å². The van der Waals surface area contributed by atoms with Crippen molar-refractivity contribution in [3.63, 3.8) is 0 Å². The molecule has 1 aliphatic rings. The molecule has 0 atom stereocenters. The SMILES string of the molecule is CN1CCn2c(n[nH]c2=S)C1. The van der Waals surface area contributed by atoms with Gasteiger partial charge in [0, 0.05) is 13.1 Å². The summed E-state index contributed by atoms with van der Waals surface area (Å²) in [5.41, 5.74) is 0. The van der Waals surface area contributed by atoms with Crippen molar-refractivity contribution in [2.75, 3.05) is 13.6 Å². The summed E-state index contributed by atoms with van der Waals surface area (Å²) in [7, 11) is 2.08. The molecule has 0 bridgehead atoms. The van der Waals surface area contributed by atoms with Crippen molar-refractivity contribution in [3.05, 3.63) is 10.6 Å². The zero-order valence-corrected chi connectivity index (χ0v) is 7.19. The van der Waals surface area contributed by atoms with E-state index >= 15 is 0 Å². The summed E-state index contributed by atoms with van der Waals surface area (Å²) in [5.74, 6) is 1.05. The van der Waals surface area contributed by atoms with Gasteiger partial charge in [-0.2, -0.15) is 5.10 Å². The van der Waals surface area contributed by atoms with Crippen LogP contribution in [0.3, 0.4) is 0 Å². The van der Waals surface area contributed by atoms with E-state index in [4.69, 9.17) is 12.2 Å². The zero-order chi connectivity index (χ0) is 7.84. The Kier molecular flexibility index (Phi) is 1.54. The van der Waals surface area contributed by atoms with Crippen LogP contribution in [0.5, 0.6) is 0 Å². The van der Waals surface area contributed by atoms with Crippen molar-refractivity contribution < 1.29 is 0 Å². The predicted octanol–water partition coefficient (Wildman–Crippen LogP) is 0.386. The number of hydrogen-bond acceptors (Lipinski definition) is 3. The van der Waals surface area contributed by atoms with E-state index in [1.54, 1.807) is 0 Å². The molecule has 5 heteroatoms. The average Bonchev–Trinajstić information content (AvgIpc) is 2.32. The number of nitrogens with zero attached hydrogens (tertiary/aromatic N) is 3. The van der Waals surface area contributed by atoms with E-state index in [0.29, 0.717) is 0 Å². The zero-order valence-electron chi connectivity index (χ0n) is 6.37. The summed E-state index contributed by atoms with van der Waals surface area (Å²) in [5, 5.41) is 6.90. The lowest BCUT2D eigenvalue weighted by atomic mass is 10.4. The van der Waals surface area contributed by atoms with Gasteiger partial charge in [-0.1, -0.05) is 0 Å². The lowest BCUT2D eigenvalue weighted by Crippen LogP contribution is -2.30. The van der Waals surface area contributed by atoms with Gasteiger partial charge in [-0.15, -0.1) is 0 Å². The predicted molar refractivity (Wildman–Crippen MR) is 43.7 cm³/mol. The van der Waals surface area contributed by atoms with Crippen molar-refractivity contribution >= 4 is 12.2 Å². The maximum Gasteiger partial charge on any atom is 0.195 e. The van der Waals surface area contributed by atoms with Crippen LogP contribution in [0.2, 0.25) is 0 Å². The highest BCUT2D eigenvalue weighted by Crippen LogP contribution is 2.07. The molecule has 1 N–H and O–H groups in total. The number of likely N-dealkylation sites (N-methyl/N-ethyl adjacent to an activating group) is 1. The summed E-state index contributed by atoms with van der Waals surface area (Å²) in [6.45, 7) is 2.91. The smallest absolute Gasteiger partial charge is 0.195 e. The van der Waals surface area contributed by atoms with Crippen LogP contribution in [0.15, 0.2) is 0 Å². The fraction of sp³-hybridized carbons (Fsp3) is 0.667. The lowest BCUT2D eigenvalue weighted by Gasteiger charge is -2.22. The normalized spacial score (nSPS) is 18.3. The third-order valence-electron chi connectivity index (χ3n) is 1.95. The van der Waals surface area contributed by atoms with Gasteiger partial charge in [-0.05, 0) is 19.3 Å². The molecule has 0 unspecified atom stereocenters. The second kappa shape index (κ2) is 2.42. The van der Waals surface area contributed by atoms with Crippen LogP contribution < -0.4 is 0 Å². The molecule has 1 aromatic heterocycles. The van der Waals surface area contributed by atoms with Gasteiger partial charge in [0.25, 0.3) is 0 Å². The molecule has 4 nitrogen and oxygen atoms in total. The lowest BCUT2D eigenvalue weighted by molar-refractivity contribution is 0.264. The number of aromatic amines is 1. The maximum absolute atomic E-state index is 5.04. The molecule has 2 heterocycles. The summed E-state index contributed by atoms with van der Waals surface area (Å²) < 4.78 is 2.79. The number of H-pyrrole nitrogens is 1. The molecule has 0 fully saturated rings. The number of hydrogen-bond donors (Lipinski definition) is 1. The first-order chi connectivity index (χ1) is 5.27. The van der Waals surface area contributed by atoms with E-state index < -0.39 is 0 Å². The van der Waals surface area contributed by atoms with Gasteiger partial charge in [0.2, 0.25) is 0 Å². The van der Waals surface area contributed by atoms with Gasteiger partial charge < -0.3 is 4.57 Å². The highest BCUT2D eigenvalue weighted by atomic mass is 32.1. The first-order valence-corrected chi connectivity index (χ1v) is 4.01. The van der Waals surface area contributed by atoms with Crippen LogP contribution >= 0.6 is 12.2 Å². The molecule has 60 valence electrons. The topological polar surface area (TPSA) is 36.9 Å².